The zero-order valence-corrected chi connectivity index (χ0v) is 9.61. The molecular formula is C12H9N3O4. The van der Waals surface area contributed by atoms with Gasteiger partial charge in [0, 0.05) is 6.20 Å². The molecule has 0 fully saturated rings. The van der Waals surface area contributed by atoms with E-state index in [1.165, 1.54) is 24.4 Å². The van der Waals surface area contributed by atoms with Crippen molar-refractivity contribution in [2.45, 2.75) is 0 Å². The molecule has 0 aliphatic rings. The third-order valence-electron chi connectivity index (χ3n) is 2.39. The molecule has 1 aromatic heterocycles. The summed E-state index contributed by atoms with van der Waals surface area (Å²) in [5, 5.41) is 22.8. The smallest absolute Gasteiger partial charge is 0.342 e. The third-order valence-corrected chi connectivity index (χ3v) is 2.39. The van der Waals surface area contributed by atoms with Crippen molar-refractivity contribution < 1.29 is 14.8 Å². The molecule has 0 saturated heterocycles. The minimum Gasteiger partial charge on any atom is -0.477 e. The lowest BCUT2D eigenvalue weighted by atomic mass is 10.1. The number of carboxylic acids is 1. The molecule has 19 heavy (non-hydrogen) atoms. The van der Waals surface area contributed by atoms with Gasteiger partial charge in [-0.2, -0.15) is 0 Å². The van der Waals surface area contributed by atoms with Crippen molar-refractivity contribution in [3.63, 3.8) is 0 Å². The Morgan fingerprint density at radius 1 is 1.32 bits per heavy atom. The molecule has 0 amide bonds. The summed E-state index contributed by atoms with van der Waals surface area (Å²) in [6.45, 7) is 0. The number of hydrogen-bond acceptors (Lipinski definition) is 5. The number of aromatic nitrogens is 1. The number of carboxylic acid groups (broad SMARTS) is 1. The molecule has 0 spiro atoms. The number of benzene rings is 1. The summed E-state index contributed by atoms with van der Waals surface area (Å²) < 4.78 is 0. The predicted octanol–water partition coefficient (Wildman–Crippen LogP) is 2.43. The zero-order valence-electron chi connectivity index (χ0n) is 9.61. The highest BCUT2D eigenvalue weighted by Gasteiger charge is 2.24. The Hall–Kier alpha value is -2.96. The fourth-order valence-corrected chi connectivity index (χ4v) is 1.61. The van der Waals surface area contributed by atoms with E-state index in [1.54, 1.807) is 18.3 Å². The van der Waals surface area contributed by atoms with Gasteiger partial charge in [0.1, 0.15) is 11.3 Å². The standard InChI is InChI=1S/C12H9N3O4/c16-12(17)9-4-1-5-10(11(9)15(18)19)14-8-3-2-6-13-7-8/h1-7,14H,(H,16,17). The van der Waals surface area contributed by atoms with E-state index in [0.717, 1.165) is 0 Å². The number of hydrogen-bond donors (Lipinski definition) is 2. The van der Waals surface area contributed by atoms with Crippen LogP contribution in [0, 0.1) is 10.1 Å². The molecule has 2 N–H and O–H groups in total. The Morgan fingerprint density at radius 3 is 2.68 bits per heavy atom. The van der Waals surface area contributed by atoms with Crippen molar-refractivity contribution in [1.29, 1.82) is 0 Å². The van der Waals surface area contributed by atoms with Crippen LogP contribution in [-0.2, 0) is 0 Å². The summed E-state index contributed by atoms with van der Waals surface area (Å²) in [5.41, 5.74) is -0.191. The van der Waals surface area contributed by atoms with E-state index in [-0.39, 0.29) is 11.3 Å². The van der Waals surface area contributed by atoms with Gasteiger partial charge in [0.2, 0.25) is 0 Å². The van der Waals surface area contributed by atoms with Gasteiger partial charge in [0.15, 0.2) is 0 Å². The Balaban J connectivity index is 2.48. The van der Waals surface area contributed by atoms with E-state index in [9.17, 15) is 14.9 Å². The quantitative estimate of drug-likeness (QED) is 0.645. The normalized spacial score (nSPS) is 9.89. The highest BCUT2D eigenvalue weighted by molar-refractivity contribution is 5.96. The topological polar surface area (TPSA) is 105 Å². The van der Waals surface area contributed by atoms with Crippen LogP contribution in [-0.4, -0.2) is 21.0 Å². The molecule has 0 aliphatic heterocycles. The van der Waals surface area contributed by atoms with Crippen LogP contribution < -0.4 is 5.32 Å². The molecule has 0 unspecified atom stereocenters. The van der Waals surface area contributed by atoms with E-state index in [1.807, 2.05) is 0 Å². The number of nitro groups is 1. The number of nitro benzene ring substituents is 1. The summed E-state index contributed by atoms with van der Waals surface area (Å²) in [6.07, 6.45) is 3.05. The predicted molar refractivity (Wildman–Crippen MR) is 67.6 cm³/mol. The van der Waals surface area contributed by atoms with Gasteiger partial charge in [-0.15, -0.1) is 0 Å². The number of rotatable bonds is 4. The van der Waals surface area contributed by atoms with Crippen LogP contribution in [0.4, 0.5) is 17.1 Å². The first-order chi connectivity index (χ1) is 9.09. The summed E-state index contributed by atoms with van der Waals surface area (Å²) in [7, 11) is 0. The highest BCUT2D eigenvalue weighted by atomic mass is 16.6. The molecule has 2 aromatic rings. The lowest BCUT2D eigenvalue weighted by molar-refractivity contribution is -0.384. The molecule has 1 aromatic carbocycles. The molecule has 0 atom stereocenters. The molecule has 2 rings (SSSR count). The molecule has 0 radical (unpaired) electrons. The summed E-state index contributed by atoms with van der Waals surface area (Å²) >= 11 is 0. The van der Waals surface area contributed by atoms with Gasteiger partial charge in [-0.1, -0.05) is 6.07 Å². The molecule has 96 valence electrons. The second-order valence-corrected chi connectivity index (χ2v) is 3.63. The average molecular weight is 259 g/mol. The van der Waals surface area contributed by atoms with E-state index in [2.05, 4.69) is 10.3 Å². The number of aromatic carboxylic acids is 1. The fourth-order valence-electron chi connectivity index (χ4n) is 1.61. The van der Waals surface area contributed by atoms with Gasteiger partial charge in [0.05, 0.1) is 16.8 Å². The first-order valence-electron chi connectivity index (χ1n) is 5.27. The first kappa shape index (κ1) is 12.5. The highest BCUT2D eigenvalue weighted by Crippen LogP contribution is 2.30. The average Bonchev–Trinajstić information content (AvgIpc) is 2.39. The number of anilines is 2. The largest absolute Gasteiger partial charge is 0.477 e. The number of pyridine rings is 1. The van der Waals surface area contributed by atoms with E-state index in [0.29, 0.717) is 5.69 Å². The fraction of sp³-hybridized carbons (Fsp3) is 0. The minimum atomic E-state index is -1.35. The SMILES string of the molecule is O=C(O)c1cccc(Nc2cccnc2)c1[N+](=O)[O-]. The maximum absolute atomic E-state index is 11.0. The molecule has 0 saturated carbocycles. The van der Waals surface area contributed by atoms with Crippen LogP contribution in [0.2, 0.25) is 0 Å². The number of para-hydroxylation sites is 1. The monoisotopic (exact) mass is 259 g/mol. The molecule has 0 aliphatic carbocycles. The van der Waals surface area contributed by atoms with Crippen LogP contribution in [0.25, 0.3) is 0 Å². The van der Waals surface area contributed by atoms with Crippen LogP contribution >= 0.6 is 0 Å². The van der Waals surface area contributed by atoms with Gasteiger partial charge >= 0.3 is 11.7 Å². The van der Waals surface area contributed by atoms with Crippen molar-refractivity contribution in [3.05, 3.63) is 58.4 Å². The van der Waals surface area contributed by atoms with Gasteiger partial charge in [-0.3, -0.25) is 15.1 Å². The van der Waals surface area contributed by atoms with Crippen molar-refractivity contribution in [1.82, 2.24) is 4.98 Å². The Labute approximate surface area is 107 Å². The van der Waals surface area contributed by atoms with Crippen molar-refractivity contribution in [3.8, 4) is 0 Å². The summed E-state index contributed by atoms with van der Waals surface area (Å²) in [6, 6.07) is 7.40. The van der Waals surface area contributed by atoms with Crippen LogP contribution in [0.1, 0.15) is 10.4 Å². The minimum absolute atomic E-state index is 0.109. The number of nitrogens with zero attached hydrogens (tertiary/aromatic N) is 2. The molecule has 7 nitrogen and oxygen atoms in total. The molecular weight excluding hydrogens is 250 g/mol. The van der Waals surface area contributed by atoms with Gasteiger partial charge in [-0.05, 0) is 24.3 Å². The van der Waals surface area contributed by atoms with Gasteiger partial charge in [0.25, 0.3) is 0 Å². The van der Waals surface area contributed by atoms with Crippen molar-refractivity contribution in [2.24, 2.45) is 0 Å². The second kappa shape index (κ2) is 5.13. The number of nitrogens with one attached hydrogen (secondary N) is 1. The van der Waals surface area contributed by atoms with E-state index >= 15 is 0 Å². The van der Waals surface area contributed by atoms with Gasteiger partial charge < -0.3 is 10.4 Å². The third kappa shape index (κ3) is 2.65. The zero-order chi connectivity index (χ0) is 13.8. The van der Waals surface area contributed by atoms with Crippen LogP contribution in [0.15, 0.2) is 42.7 Å². The molecule has 1 heterocycles. The van der Waals surface area contributed by atoms with Crippen molar-refractivity contribution in [2.75, 3.05) is 5.32 Å². The Bertz CT molecular complexity index is 628. The lowest BCUT2D eigenvalue weighted by Crippen LogP contribution is -2.05. The second-order valence-electron chi connectivity index (χ2n) is 3.63. The molecule has 7 heteroatoms. The Morgan fingerprint density at radius 2 is 2.11 bits per heavy atom. The van der Waals surface area contributed by atoms with E-state index < -0.39 is 16.6 Å². The first-order valence-corrected chi connectivity index (χ1v) is 5.27. The molecule has 0 bridgehead atoms. The van der Waals surface area contributed by atoms with E-state index in [4.69, 9.17) is 5.11 Å². The lowest BCUT2D eigenvalue weighted by Gasteiger charge is -2.07. The van der Waals surface area contributed by atoms with Crippen LogP contribution in [0.5, 0.6) is 0 Å². The van der Waals surface area contributed by atoms with Gasteiger partial charge in [-0.25, -0.2) is 4.79 Å². The summed E-state index contributed by atoms with van der Waals surface area (Å²) in [5.74, 6) is -1.35. The maximum atomic E-state index is 11.0. The summed E-state index contributed by atoms with van der Waals surface area (Å²) in [4.78, 5) is 25.2. The Kier molecular flexibility index (Phi) is 3.37. The maximum Gasteiger partial charge on any atom is 0.342 e. The number of carbonyl (C=O) groups is 1. The van der Waals surface area contributed by atoms with Crippen LogP contribution in [0.3, 0.4) is 0 Å². The van der Waals surface area contributed by atoms with Crippen molar-refractivity contribution >= 4 is 23.0 Å².